The van der Waals surface area contributed by atoms with Crippen LogP contribution in [0.1, 0.15) is 13.8 Å². The van der Waals surface area contributed by atoms with Gasteiger partial charge in [-0.2, -0.15) is 20.1 Å². The monoisotopic (exact) mass is 278 g/mol. The van der Waals surface area contributed by atoms with Crippen LogP contribution in [0, 0.1) is 0 Å². The van der Waals surface area contributed by atoms with Crippen LogP contribution in [0.4, 0.5) is 11.9 Å². The lowest BCUT2D eigenvalue weighted by molar-refractivity contribution is 0.158. The lowest BCUT2D eigenvalue weighted by Gasteiger charge is -2.25. The minimum Gasteiger partial charge on any atom is -0.382 e. The summed E-state index contributed by atoms with van der Waals surface area (Å²) in [7, 11) is 1.64. The van der Waals surface area contributed by atoms with E-state index in [9.17, 15) is 0 Å². The summed E-state index contributed by atoms with van der Waals surface area (Å²) in [6.07, 6.45) is 3.38. The molecule has 0 atom stereocenters. The highest BCUT2D eigenvalue weighted by Gasteiger charge is 2.19. The average molecular weight is 278 g/mol. The number of hydrogen-bond acceptors (Lipinski definition) is 8. The summed E-state index contributed by atoms with van der Waals surface area (Å²) in [6.45, 7) is 4.45. The van der Waals surface area contributed by atoms with Gasteiger partial charge in [-0.3, -0.25) is 5.43 Å². The predicted molar refractivity (Wildman–Crippen MR) is 74.3 cm³/mol. The molecule has 108 valence electrons. The molecule has 2 rings (SSSR count). The van der Waals surface area contributed by atoms with E-state index in [4.69, 9.17) is 10.6 Å². The molecule has 0 spiro atoms. The third-order valence-corrected chi connectivity index (χ3v) is 2.42. The van der Waals surface area contributed by atoms with E-state index < -0.39 is 0 Å². The zero-order chi connectivity index (χ0) is 14.6. The van der Waals surface area contributed by atoms with Gasteiger partial charge in [0.05, 0.1) is 12.1 Å². The minimum absolute atomic E-state index is 0.251. The van der Waals surface area contributed by atoms with Crippen molar-refractivity contribution >= 4 is 11.9 Å². The molecule has 0 radical (unpaired) electrons. The van der Waals surface area contributed by atoms with E-state index >= 15 is 0 Å². The maximum absolute atomic E-state index is 5.38. The molecule has 9 nitrogen and oxygen atoms in total. The molecule has 0 aliphatic rings. The SMILES string of the molecule is COCC(C)(C)Nc1nc(NN)nc(-n2cccn2)n1. The molecule has 20 heavy (non-hydrogen) atoms. The second kappa shape index (κ2) is 5.80. The average Bonchev–Trinajstić information content (AvgIpc) is 2.91. The van der Waals surface area contributed by atoms with Gasteiger partial charge in [0.25, 0.3) is 5.95 Å². The third-order valence-electron chi connectivity index (χ3n) is 2.42. The van der Waals surface area contributed by atoms with Gasteiger partial charge in [-0.25, -0.2) is 10.5 Å². The van der Waals surface area contributed by atoms with E-state index in [-0.39, 0.29) is 11.5 Å². The van der Waals surface area contributed by atoms with E-state index in [2.05, 4.69) is 30.8 Å². The topological polar surface area (TPSA) is 116 Å². The summed E-state index contributed by atoms with van der Waals surface area (Å²) in [4.78, 5) is 12.6. The number of hydrazine groups is 1. The van der Waals surface area contributed by atoms with Gasteiger partial charge >= 0.3 is 0 Å². The van der Waals surface area contributed by atoms with Gasteiger partial charge in [-0.15, -0.1) is 0 Å². The van der Waals surface area contributed by atoms with Crippen LogP contribution in [0.2, 0.25) is 0 Å². The van der Waals surface area contributed by atoms with Crippen molar-refractivity contribution in [3.63, 3.8) is 0 Å². The predicted octanol–water partition coefficient (Wildman–Crippen LogP) is 0.180. The number of nitrogens with two attached hydrogens (primary N) is 1. The number of aromatic nitrogens is 5. The first-order valence-electron chi connectivity index (χ1n) is 6.04. The zero-order valence-electron chi connectivity index (χ0n) is 11.7. The lowest BCUT2D eigenvalue weighted by atomic mass is 10.1. The van der Waals surface area contributed by atoms with Gasteiger partial charge in [0.15, 0.2) is 0 Å². The Bertz CT molecular complexity index is 554. The molecule has 0 bridgehead atoms. The summed E-state index contributed by atoms with van der Waals surface area (Å²) in [5, 5.41) is 7.25. The Morgan fingerprint density at radius 3 is 2.65 bits per heavy atom. The van der Waals surface area contributed by atoms with Gasteiger partial charge in [-0.05, 0) is 19.9 Å². The summed E-state index contributed by atoms with van der Waals surface area (Å²) < 4.78 is 6.67. The quantitative estimate of drug-likeness (QED) is 0.506. The lowest BCUT2D eigenvalue weighted by Crippen LogP contribution is -2.37. The Morgan fingerprint density at radius 2 is 2.05 bits per heavy atom. The van der Waals surface area contributed by atoms with Gasteiger partial charge in [0.1, 0.15) is 0 Å². The zero-order valence-corrected chi connectivity index (χ0v) is 11.7. The smallest absolute Gasteiger partial charge is 0.257 e. The fourth-order valence-corrected chi connectivity index (χ4v) is 1.67. The number of methoxy groups -OCH3 is 1. The molecule has 2 aromatic heterocycles. The molecule has 2 aromatic rings. The van der Waals surface area contributed by atoms with Gasteiger partial charge in [-0.1, -0.05) is 0 Å². The van der Waals surface area contributed by atoms with Crippen molar-refractivity contribution in [1.82, 2.24) is 24.7 Å². The van der Waals surface area contributed by atoms with Crippen LogP contribution in [0.5, 0.6) is 0 Å². The summed E-state index contributed by atoms with van der Waals surface area (Å²) in [5.41, 5.74) is 2.08. The molecule has 0 aliphatic heterocycles. The molecule has 0 aliphatic carbocycles. The fourth-order valence-electron chi connectivity index (χ4n) is 1.67. The normalized spacial score (nSPS) is 11.4. The molecule has 0 saturated carbocycles. The van der Waals surface area contributed by atoms with Crippen molar-refractivity contribution in [2.45, 2.75) is 19.4 Å². The number of nitrogens with one attached hydrogen (secondary N) is 2. The first-order valence-corrected chi connectivity index (χ1v) is 6.04. The second-order valence-electron chi connectivity index (χ2n) is 4.82. The van der Waals surface area contributed by atoms with Crippen LogP contribution in [-0.2, 0) is 4.74 Å². The minimum atomic E-state index is -0.330. The number of nitrogen functional groups attached to an aromatic ring is 1. The number of anilines is 2. The molecule has 0 amide bonds. The van der Waals surface area contributed by atoms with Crippen molar-refractivity contribution in [1.29, 1.82) is 0 Å². The summed E-state index contributed by atoms with van der Waals surface area (Å²) in [6, 6.07) is 1.78. The van der Waals surface area contributed by atoms with Crippen molar-refractivity contribution in [2.24, 2.45) is 5.84 Å². The van der Waals surface area contributed by atoms with Crippen molar-refractivity contribution in [3.8, 4) is 5.95 Å². The Kier molecular flexibility index (Phi) is 4.11. The molecule has 0 saturated heterocycles. The number of ether oxygens (including phenoxy) is 1. The van der Waals surface area contributed by atoms with Gasteiger partial charge < -0.3 is 10.1 Å². The number of hydrogen-bond donors (Lipinski definition) is 3. The Hall–Kier alpha value is -2.26. The second-order valence-corrected chi connectivity index (χ2v) is 4.82. The van der Waals surface area contributed by atoms with Crippen LogP contribution in [-0.4, -0.2) is 44.0 Å². The van der Waals surface area contributed by atoms with E-state index in [1.165, 1.54) is 4.68 Å². The standard InChI is InChI=1S/C11H18N8O/c1-11(2,7-20-3)17-8-14-9(18-12)16-10(15-8)19-6-4-5-13-19/h4-6H,7,12H2,1-3H3,(H2,14,15,16,17,18). The molecule has 2 heterocycles. The van der Waals surface area contributed by atoms with E-state index in [0.717, 1.165) is 0 Å². The van der Waals surface area contributed by atoms with Gasteiger partial charge in [0, 0.05) is 19.5 Å². The highest BCUT2D eigenvalue weighted by molar-refractivity contribution is 5.38. The van der Waals surface area contributed by atoms with Crippen LogP contribution in [0.3, 0.4) is 0 Å². The Morgan fingerprint density at radius 1 is 1.30 bits per heavy atom. The van der Waals surface area contributed by atoms with E-state index in [1.54, 1.807) is 25.6 Å². The van der Waals surface area contributed by atoms with Crippen LogP contribution >= 0.6 is 0 Å². The molecule has 4 N–H and O–H groups in total. The fraction of sp³-hybridized carbons (Fsp3) is 0.455. The maximum Gasteiger partial charge on any atom is 0.257 e. The first kappa shape index (κ1) is 14.2. The Balaban J connectivity index is 2.31. The molecule has 0 aromatic carbocycles. The molecule has 9 heteroatoms. The number of nitrogens with zero attached hydrogens (tertiary/aromatic N) is 5. The van der Waals surface area contributed by atoms with Crippen LogP contribution < -0.4 is 16.6 Å². The van der Waals surface area contributed by atoms with E-state index in [1.807, 2.05) is 13.8 Å². The van der Waals surface area contributed by atoms with Crippen molar-refractivity contribution in [2.75, 3.05) is 24.5 Å². The van der Waals surface area contributed by atoms with Crippen molar-refractivity contribution in [3.05, 3.63) is 18.5 Å². The molecular formula is C11H18N8O. The van der Waals surface area contributed by atoms with Crippen LogP contribution in [0.25, 0.3) is 5.95 Å². The highest BCUT2D eigenvalue weighted by Crippen LogP contribution is 2.14. The molecule has 0 unspecified atom stereocenters. The first-order chi connectivity index (χ1) is 9.54. The van der Waals surface area contributed by atoms with Crippen molar-refractivity contribution < 1.29 is 4.74 Å². The van der Waals surface area contributed by atoms with Crippen LogP contribution in [0.15, 0.2) is 18.5 Å². The summed E-state index contributed by atoms with van der Waals surface area (Å²) >= 11 is 0. The number of rotatable bonds is 6. The third kappa shape index (κ3) is 3.39. The largest absolute Gasteiger partial charge is 0.382 e. The maximum atomic E-state index is 5.38. The molecule has 0 fully saturated rings. The highest BCUT2D eigenvalue weighted by atomic mass is 16.5. The van der Waals surface area contributed by atoms with Gasteiger partial charge in [0.2, 0.25) is 11.9 Å². The van der Waals surface area contributed by atoms with E-state index in [0.29, 0.717) is 18.5 Å². The molecular weight excluding hydrogens is 260 g/mol. The Labute approximate surface area is 116 Å². The summed E-state index contributed by atoms with van der Waals surface area (Å²) in [5.74, 6) is 6.39.